The molecule has 1 amide bonds. The molecule has 2 aromatic rings. The molecular weight excluding hydrogens is 368 g/mol. The van der Waals surface area contributed by atoms with Gasteiger partial charge >= 0.3 is 0 Å². The first-order chi connectivity index (χ1) is 12.2. The predicted octanol–water partition coefficient (Wildman–Crippen LogP) is 3.13. The summed E-state index contributed by atoms with van der Waals surface area (Å²) in [6, 6.07) is 11.7. The van der Waals surface area contributed by atoms with E-state index in [4.69, 9.17) is 10.5 Å². The molecule has 1 spiro atoms. The van der Waals surface area contributed by atoms with Gasteiger partial charge in [0.15, 0.2) is 0 Å². The predicted molar refractivity (Wildman–Crippen MR) is 107 cm³/mol. The molecule has 140 valence electrons. The molecule has 3 heterocycles. The smallest absolute Gasteiger partial charge is 0.239 e. The number of halogens is 1. The van der Waals surface area contributed by atoms with Gasteiger partial charge in [-0.3, -0.25) is 4.79 Å². The van der Waals surface area contributed by atoms with Crippen LogP contribution < -0.4 is 5.73 Å². The molecule has 0 bridgehead atoms. The van der Waals surface area contributed by atoms with Gasteiger partial charge in [0, 0.05) is 24.4 Å². The molecule has 0 unspecified atom stereocenters. The summed E-state index contributed by atoms with van der Waals surface area (Å²) in [6.07, 6.45) is 3.33. The van der Waals surface area contributed by atoms with Gasteiger partial charge in [0.2, 0.25) is 5.91 Å². The zero-order chi connectivity index (χ0) is 17.3. The summed E-state index contributed by atoms with van der Waals surface area (Å²) in [5.74, 6) is 0.0556. The molecule has 0 saturated carbocycles. The van der Waals surface area contributed by atoms with Crippen molar-refractivity contribution in [3.05, 3.63) is 57.8 Å². The quantitative estimate of drug-likeness (QED) is 0.873. The monoisotopic (exact) mass is 392 g/mol. The second-order valence-corrected chi connectivity index (χ2v) is 7.97. The van der Waals surface area contributed by atoms with E-state index in [0.717, 1.165) is 44.5 Å². The van der Waals surface area contributed by atoms with E-state index in [1.165, 1.54) is 10.4 Å². The van der Waals surface area contributed by atoms with Gasteiger partial charge in [0.05, 0.1) is 18.2 Å². The van der Waals surface area contributed by atoms with Crippen LogP contribution >= 0.6 is 23.7 Å². The number of piperidine rings is 1. The SMILES string of the molecule is Cl.N[C@@H](Cc1ccccc1)C(=O)N1CCC2(CC1)OCCc1sccc12. The topological polar surface area (TPSA) is 55.6 Å². The van der Waals surface area contributed by atoms with Crippen molar-refractivity contribution in [1.29, 1.82) is 0 Å². The number of nitrogens with zero attached hydrogens (tertiary/aromatic N) is 1. The molecule has 26 heavy (non-hydrogen) atoms. The maximum Gasteiger partial charge on any atom is 0.239 e. The van der Waals surface area contributed by atoms with Crippen LogP contribution in [0.4, 0.5) is 0 Å². The maximum atomic E-state index is 12.7. The van der Waals surface area contributed by atoms with Gasteiger partial charge in [-0.05, 0) is 41.8 Å². The van der Waals surface area contributed by atoms with E-state index in [1.54, 1.807) is 0 Å². The minimum absolute atomic E-state index is 0. The molecule has 1 saturated heterocycles. The molecule has 4 nitrogen and oxygen atoms in total. The fourth-order valence-electron chi connectivity index (χ4n) is 4.05. The number of ether oxygens (including phenoxy) is 1. The van der Waals surface area contributed by atoms with E-state index in [0.29, 0.717) is 6.42 Å². The Morgan fingerprint density at radius 1 is 1.23 bits per heavy atom. The van der Waals surface area contributed by atoms with Crippen molar-refractivity contribution in [3.8, 4) is 0 Å². The number of fused-ring (bicyclic) bond motifs is 2. The molecule has 2 N–H and O–H groups in total. The standard InChI is InChI=1S/C20H24N2O2S.ClH/c21-17(14-15-4-2-1-3-5-15)19(23)22-10-8-20(9-11-22)16-7-13-25-18(16)6-12-24-20;/h1-5,7,13,17H,6,8-12,14,21H2;1H/t17-;/m0./s1. The number of benzene rings is 1. The van der Waals surface area contributed by atoms with Crippen molar-refractivity contribution in [2.24, 2.45) is 5.73 Å². The molecule has 6 heteroatoms. The molecule has 1 aromatic heterocycles. The summed E-state index contributed by atoms with van der Waals surface area (Å²) < 4.78 is 6.21. The summed E-state index contributed by atoms with van der Waals surface area (Å²) in [7, 11) is 0. The van der Waals surface area contributed by atoms with Crippen LogP contribution in [0.2, 0.25) is 0 Å². The first kappa shape index (κ1) is 19.4. The van der Waals surface area contributed by atoms with Gasteiger partial charge in [-0.15, -0.1) is 23.7 Å². The number of likely N-dealkylation sites (tertiary alicyclic amines) is 1. The van der Waals surface area contributed by atoms with Crippen LogP contribution in [-0.4, -0.2) is 36.5 Å². The highest BCUT2D eigenvalue weighted by Gasteiger charge is 2.42. The average molecular weight is 393 g/mol. The third kappa shape index (κ3) is 3.67. The van der Waals surface area contributed by atoms with E-state index in [2.05, 4.69) is 11.4 Å². The van der Waals surface area contributed by atoms with E-state index in [-0.39, 0.29) is 23.9 Å². The van der Waals surface area contributed by atoms with Crippen LogP contribution in [0.1, 0.15) is 28.8 Å². The minimum Gasteiger partial charge on any atom is -0.370 e. The summed E-state index contributed by atoms with van der Waals surface area (Å²) in [5.41, 5.74) is 8.46. The number of rotatable bonds is 3. The molecule has 1 fully saturated rings. The van der Waals surface area contributed by atoms with Crippen molar-refractivity contribution in [3.63, 3.8) is 0 Å². The van der Waals surface area contributed by atoms with Gasteiger partial charge in [0.1, 0.15) is 0 Å². The Bertz CT molecular complexity index is 741. The van der Waals surface area contributed by atoms with Crippen LogP contribution in [0.15, 0.2) is 41.8 Å². The second-order valence-electron chi connectivity index (χ2n) is 6.97. The van der Waals surface area contributed by atoms with Gasteiger partial charge in [-0.1, -0.05) is 30.3 Å². The van der Waals surface area contributed by atoms with Gasteiger partial charge in [-0.2, -0.15) is 0 Å². The lowest BCUT2D eigenvalue weighted by molar-refractivity contribution is -0.141. The Hall–Kier alpha value is -1.40. The highest BCUT2D eigenvalue weighted by Crippen LogP contribution is 2.43. The number of thiophene rings is 1. The van der Waals surface area contributed by atoms with Crippen LogP contribution in [0.3, 0.4) is 0 Å². The molecule has 2 aliphatic heterocycles. The summed E-state index contributed by atoms with van der Waals surface area (Å²) in [6.45, 7) is 2.22. The van der Waals surface area contributed by atoms with Gasteiger partial charge in [-0.25, -0.2) is 0 Å². The van der Waals surface area contributed by atoms with Crippen LogP contribution in [0, 0.1) is 0 Å². The molecule has 2 aliphatic rings. The summed E-state index contributed by atoms with van der Waals surface area (Å²) in [4.78, 5) is 16.1. The minimum atomic E-state index is -0.472. The number of hydrogen-bond donors (Lipinski definition) is 1. The van der Waals surface area contributed by atoms with Crippen molar-refractivity contribution in [2.45, 2.75) is 37.3 Å². The largest absolute Gasteiger partial charge is 0.370 e. The summed E-state index contributed by atoms with van der Waals surface area (Å²) in [5, 5.41) is 2.16. The molecule has 0 aliphatic carbocycles. The number of carbonyl (C=O) groups excluding carboxylic acids is 1. The number of carbonyl (C=O) groups is 1. The lowest BCUT2D eigenvalue weighted by Crippen LogP contribution is -2.52. The first-order valence-electron chi connectivity index (χ1n) is 8.97. The van der Waals surface area contributed by atoms with Crippen molar-refractivity contribution in [2.75, 3.05) is 19.7 Å². The fourth-order valence-corrected chi connectivity index (χ4v) is 5.00. The molecule has 4 rings (SSSR count). The molecular formula is C20H25ClN2O2S. The number of amides is 1. The Kier molecular flexibility index (Phi) is 6.03. The van der Waals surface area contributed by atoms with Gasteiger partial charge < -0.3 is 15.4 Å². The zero-order valence-electron chi connectivity index (χ0n) is 14.7. The van der Waals surface area contributed by atoms with E-state index in [1.807, 2.05) is 46.6 Å². The Morgan fingerprint density at radius 3 is 2.69 bits per heavy atom. The fraction of sp³-hybridized carbons (Fsp3) is 0.450. The molecule has 1 aromatic carbocycles. The van der Waals surface area contributed by atoms with E-state index >= 15 is 0 Å². The van der Waals surface area contributed by atoms with Crippen molar-refractivity contribution < 1.29 is 9.53 Å². The average Bonchev–Trinajstić information content (AvgIpc) is 3.13. The Labute approximate surface area is 164 Å². The Balaban J connectivity index is 0.00000196. The van der Waals surface area contributed by atoms with Crippen LogP contribution in [0.25, 0.3) is 0 Å². The first-order valence-corrected chi connectivity index (χ1v) is 9.85. The van der Waals surface area contributed by atoms with Crippen molar-refractivity contribution >= 4 is 29.7 Å². The lowest BCUT2D eigenvalue weighted by Gasteiger charge is -2.44. The van der Waals surface area contributed by atoms with Crippen LogP contribution in [-0.2, 0) is 28.0 Å². The van der Waals surface area contributed by atoms with E-state index < -0.39 is 6.04 Å². The van der Waals surface area contributed by atoms with E-state index in [9.17, 15) is 4.79 Å². The van der Waals surface area contributed by atoms with Crippen molar-refractivity contribution in [1.82, 2.24) is 4.90 Å². The highest BCUT2D eigenvalue weighted by atomic mass is 35.5. The number of nitrogens with two attached hydrogens (primary N) is 1. The second kappa shape index (κ2) is 8.09. The molecule has 0 radical (unpaired) electrons. The Morgan fingerprint density at radius 2 is 1.96 bits per heavy atom. The molecule has 1 atom stereocenters. The van der Waals surface area contributed by atoms with Crippen LogP contribution in [0.5, 0.6) is 0 Å². The maximum absolute atomic E-state index is 12.7. The lowest BCUT2D eigenvalue weighted by atomic mass is 9.82. The zero-order valence-corrected chi connectivity index (χ0v) is 16.4. The highest BCUT2D eigenvalue weighted by molar-refractivity contribution is 7.10. The normalized spacial score (nSPS) is 19.5. The number of hydrogen-bond acceptors (Lipinski definition) is 4. The summed E-state index contributed by atoms with van der Waals surface area (Å²) >= 11 is 1.83. The van der Waals surface area contributed by atoms with Gasteiger partial charge in [0.25, 0.3) is 0 Å². The third-order valence-corrected chi connectivity index (χ3v) is 6.42. The third-order valence-electron chi connectivity index (χ3n) is 5.44.